The summed E-state index contributed by atoms with van der Waals surface area (Å²) in [6.45, 7) is 3.68. The summed E-state index contributed by atoms with van der Waals surface area (Å²) in [4.78, 5) is 11.9. The zero-order valence-corrected chi connectivity index (χ0v) is 12.1. The quantitative estimate of drug-likeness (QED) is 0.420. The second-order valence-corrected chi connectivity index (χ2v) is 4.72. The summed E-state index contributed by atoms with van der Waals surface area (Å²) < 4.78 is 43.5. The van der Waals surface area contributed by atoms with Crippen LogP contribution in [0.5, 0.6) is 0 Å². The van der Waals surface area contributed by atoms with Crippen molar-refractivity contribution in [3.05, 3.63) is 47.5 Å². The number of rotatable bonds is 6. The fourth-order valence-electron chi connectivity index (χ4n) is 1.79. The first-order valence-electron chi connectivity index (χ1n) is 6.90. The summed E-state index contributed by atoms with van der Waals surface area (Å²) in [6.07, 6.45) is 1.36. The molecule has 1 atom stereocenters. The van der Waals surface area contributed by atoms with Crippen molar-refractivity contribution in [3.63, 3.8) is 0 Å². The Bertz CT molecular complexity index is 493. The first-order chi connectivity index (χ1) is 9.86. The molecule has 116 valence electrons. The lowest BCUT2D eigenvalue weighted by Gasteiger charge is -2.14. The fraction of sp³-hybridized carbons (Fsp3) is 0.438. The third-order valence-electron chi connectivity index (χ3n) is 2.88. The van der Waals surface area contributed by atoms with Crippen molar-refractivity contribution in [1.82, 2.24) is 0 Å². The van der Waals surface area contributed by atoms with Gasteiger partial charge in [-0.15, -0.1) is 0 Å². The molecule has 0 amide bonds. The van der Waals surface area contributed by atoms with Crippen LogP contribution in [0.25, 0.3) is 0 Å². The van der Waals surface area contributed by atoms with Crippen LogP contribution in [0.4, 0.5) is 13.2 Å². The lowest BCUT2D eigenvalue weighted by molar-refractivity contribution is -0.138. The van der Waals surface area contributed by atoms with E-state index in [0.717, 1.165) is 31.4 Å². The van der Waals surface area contributed by atoms with Gasteiger partial charge >= 0.3 is 12.1 Å². The monoisotopic (exact) mass is 300 g/mol. The minimum Gasteiger partial charge on any atom is -0.455 e. The number of carbonyl (C=O) groups excluding carboxylic acids is 1. The van der Waals surface area contributed by atoms with Crippen LogP contribution in [0, 0.1) is 0 Å². The normalized spacial score (nSPS) is 13.4. The molecule has 21 heavy (non-hydrogen) atoms. The van der Waals surface area contributed by atoms with Crippen LogP contribution in [0.2, 0.25) is 0 Å². The standard InChI is InChI=1S/C16H19F3O2/c1-3-4-5-6-9-12(2)21-15(20)13-10-7-8-11-14(13)16(17,18)19/h6-12H,3-5H2,1-2H3/b9-6+. The molecule has 0 radical (unpaired) electrons. The van der Waals surface area contributed by atoms with Crippen LogP contribution in [0.15, 0.2) is 36.4 Å². The van der Waals surface area contributed by atoms with E-state index in [9.17, 15) is 18.0 Å². The predicted molar refractivity (Wildman–Crippen MR) is 75.0 cm³/mol. The largest absolute Gasteiger partial charge is 0.455 e. The Morgan fingerprint density at radius 2 is 2.00 bits per heavy atom. The third kappa shape index (κ3) is 5.61. The Hall–Kier alpha value is -1.78. The average Bonchev–Trinajstić information content (AvgIpc) is 2.42. The van der Waals surface area contributed by atoms with E-state index in [-0.39, 0.29) is 0 Å². The number of esters is 1. The van der Waals surface area contributed by atoms with Crippen molar-refractivity contribution >= 4 is 5.97 Å². The number of unbranched alkanes of at least 4 members (excludes halogenated alkanes) is 2. The maximum atomic E-state index is 12.8. The molecule has 0 aromatic heterocycles. The first kappa shape index (κ1) is 17.3. The highest BCUT2D eigenvalue weighted by Gasteiger charge is 2.35. The zero-order valence-electron chi connectivity index (χ0n) is 12.1. The Kier molecular flexibility index (Phi) is 6.46. The molecule has 2 nitrogen and oxygen atoms in total. The molecular weight excluding hydrogens is 281 g/mol. The topological polar surface area (TPSA) is 26.3 Å². The van der Waals surface area contributed by atoms with Crippen molar-refractivity contribution in [2.75, 3.05) is 0 Å². The van der Waals surface area contributed by atoms with Crippen molar-refractivity contribution in [2.45, 2.75) is 45.4 Å². The maximum absolute atomic E-state index is 12.8. The molecular formula is C16H19F3O2. The number of halogens is 3. The van der Waals surface area contributed by atoms with E-state index in [4.69, 9.17) is 4.74 Å². The molecule has 1 rings (SSSR count). The second kappa shape index (κ2) is 7.86. The highest BCUT2D eigenvalue weighted by molar-refractivity contribution is 5.91. The van der Waals surface area contributed by atoms with E-state index in [1.807, 2.05) is 6.08 Å². The van der Waals surface area contributed by atoms with Crippen LogP contribution < -0.4 is 0 Å². The zero-order chi connectivity index (χ0) is 15.9. The summed E-state index contributed by atoms with van der Waals surface area (Å²) in [7, 11) is 0. The molecule has 1 aromatic rings. The smallest absolute Gasteiger partial charge is 0.417 e. The molecule has 1 unspecified atom stereocenters. The van der Waals surface area contributed by atoms with Gasteiger partial charge < -0.3 is 4.74 Å². The van der Waals surface area contributed by atoms with Crippen molar-refractivity contribution in [2.24, 2.45) is 0 Å². The summed E-state index contributed by atoms with van der Waals surface area (Å²) >= 11 is 0. The summed E-state index contributed by atoms with van der Waals surface area (Å²) in [5, 5.41) is 0. The Balaban J connectivity index is 2.74. The van der Waals surface area contributed by atoms with Gasteiger partial charge in [-0.1, -0.05) is 38.0 Å². The van der Waals surface area contributed by atoms with Gasteiger partial charge in [0.15, 0.2) is 0 Å². The molecule has 0 aliphatic carbocycles. The number of ether oxygens (including phenoxy) is 1. The van der Waals surface area contributed by atoms with Gasteiger partial charge in [-0.25, -0.2) is 4.79 Å². The van der Waals surface area contributed by atoms with Crippen molar-refractivity contribution in [1.29, 1.82) is 0 Å². The van der Waals surface area contributed by atoms with Gasteiger partial charge in [-0.05, 0) is 31.6 Å². The average molecular weight is 300 g/mol. The summed E-state index contributed by atoms with van der Waals surface area (Å²) in [5.74, 6) is -0.962. The Morgan fingerprint density at radius 3 is 2.62 bits per heavy atom. The number of alkyl halides is 3. The van der Waals surface area contributed by atoms with Crippen molar-refractivity contribution in [3.8, 4) is 0 Å². The van der Waals surface area contributed by atoms with E-state index in [1.165, 1.54) is 12.1 Å². The van der Waals surface area contributed by atoms with E-state index >= 15 is 0 Å². The van der Waals surface area contributed by atoms with Gasteiger partial charge in [-0.3, -0.25) is 0 Å². The predicted octanol–water partition coefficient (Wildman–Crippen LogP) is 5.00. The third-order valence-corrected chi connectivity index (χ3v) is 2.88. The number of hydrogen-bond donors (Lipinski definition) is 0. The van der Waals surface area contributed by atoms with Crippen LogP contribution in [-0.4, -0.2) is 12.1 Å². The minimum absolute atomic E-state index is 0.459. The van der Waals surface area contributed by atoms with Gasteiger partial charge in [0.1, 0.15) is 6.10 Å². The van der Waals surface area contributed by atoms with Gasteiger partial charge in [-0.2, -0.15) is 13.2 Å². The van der Waals surface area contributed by atoms with Crippen LogP contribution in [0.1, 0.15) is 49.0 Å². The van der Waals surface area contributed by atoms with E-state index in [2.05, 4.69) is 6.92 Å². The highest BCUT2D eigenvalue weighted by Crippen LogP contribution is 2.32. The van der Waals surface area contributed by atoms with Gasteiger partial charge in [0.05, 0.1) is 11.1 Å². The van der Waals surface area contributed by atoms with Gasteiger partial charge in [0.25, 0.3) is 0 Å². The van der Waals surface area contributed by atoms with E-state index in [1.54, 1.807) is 13.0 Å². The van der Waals surface area contributed by atoms with Crippen LogP contribution in [-0.2, 0) is 10.9 Å². The molecule has 0 saturated heterocycles. The summed E-state index contributed by atoms with van der Waals surface area (Å²) in [5.41, 5.74) is -1.43. The first-order valence-corrected chi connectivity index (χ1v) is 6.90. The van der Waals surface area contributed by atoms with Crippen LogP contribution in [0.3, 0.4) is 0 Å². The van der Waals surface area contributed by atoms with Gasteiger partial charge in [0, 0.05) is 0 Å². The molecule has 0 aliphatic heterocycles. The van der Waals surface area contributed by atoms with Crippen LogP contribution >= 0.6 is 0 Å². The number of hydrogen-bond acceptors (Lipinski definition) is 2. The minimum atomic E-state index is -4.57. The molecule has 0 bridgehead atoms. The SMILES string of the molecule is CCCC/C=C/C(C)OC(=O)c1ccccc1C(F)(F)F. The number of benzene rings is 1. The fourth-order valence-corrected chi connectivity index (χ4v) is 1.79. The Morgan fingerprint density at radius 1 is 1.33 bits per heavy atom. The second-order valence-electron chi connectivity index (χ2n) is 4.72. The molecule has 1 aromatic carbocycles. The molecule has 0 spiro atoms. The lowest BCUT2D eigenvalue weighted by atomic mass is 10.1. The molecule has 0 saturated carbocycles. The maximum Gasteiger partial charge on any atom is 0.417 e. The molecule has 5 heteroatoms. The number of carbonyl (C=O) groups is 1. The van der Waals surface area contributed by atoms with E-state index < -0.39 is 29.4 Å². The van der Waals surface area contributed by atoms with Gasteiger partial charge in [0.2, 0.25) is 0 Å². The summed E-state index contributed by atoms with van der Waals surface area (Å²) in [6, 6.07) is 4.62. The lowest BCUT2D eigenvalue weighted by Crippen LogP contribution is -2.18. The Labute approximate surface area is 122 Å². The highest BCUT2D eigenvalue weighted by atomic mass is 19.4. The molecule has 0 heterocycles. The van der Waals surface area contributed by atoms with E-state index in [0.29, 0.717) is 0 Å². The number of allylic oxidation sites excluding steroid dienone is 1. The molecule has 0 aliphatic rings. The molecule has 0 fully saturated rings. The van der Waals surface area contributed by atoms with Crippen molar-refractivity contribution < 1.29 is 22.7 Å². The molecule has 0 N–H and O–H groups in total.